The van der Waals surface area contributed by atoms with E-state index < -0.39 is 15.8 Å². The number of hydrogen-bond donors (Lipinski definition) is 0. The van der Waals surface area contributed by atoms with Gasteiger partial charge in [0, 0.05) is 12.2 Å². The monoisotopic (exact) mass is 322 g/mol. The van der Waals surface area contributed by atoms with Crippen molar-refractivity contribution in [3.05, 3.63) is 53.6 Å². The Hall–Kier alpha value is -1.95. The van der Waals surface area contributed by atoms with Crippen LogP contribution in [0.25, 0.3) is 0 Å². The maximum Gasteiger partial charge on any atom is 0.266 e. The van der Waals surface area contributed by atoms with E-state index in [-0.39, 0.29) is 10.9 Å². The molecular formula is C16H19FN2O2S. The van der Waals surface area contributed by atoms with Crippen molar-refractivity contribution >= 4 is 15.7 Å². The van der Waals surface area contributed by atoms with Gasteiger partial charge in [-0.2, -0.15) is 0 Å². The zero-order valence-corrected chi connectivity index (χ0v) is 13.9. The van der Waals surface area contributed by atoms with E-state index in [1.54, 1.807) is 13.8 Å². The van der Waals surface area contributed by atoms with Crippen LogP contribution in [-0.4, -0.2) is 19.4 Å². The molecule has 0 N–H and O–H groups in total. The maximum atomic E-state index is 13.4. The SMILES string of the molecule is Cc1ccc(C)c(N(C(C)C)S(=O)(=O)c2cncc(F)c2)c1. The standard InChI is InChI=1S/C16H19FN2O2S/c1-11(2)19(16-7-12(3)5-6-13(16)4)22(20,21)15-8-14(17)9-18-10-15/h5-11H,1-4H3. The molecule has 0 fully saturated rings. The van der Waals surface area contributed by atoms with Crippen LogP contribution in [0.5, 0.6) is 0 Å². The average Bonchev–Trinajstić information content (AvgIpc) is 2.42. The molecule has 0 aliphatic carbocycles. The summed E-state index contributed by atoms with van der Waals surface area (Å²) in [5.41, 5.74) is 2.39. The van der Waals surface area contributed by atoms with Gasteiger partial charge in [0.25, 0.3) is 10.0 Å². The van der Waals surface area contributed by atoms with Gasteiger partial charge in [-0.15, -0.1) is 0 Å². The van der Waals surface area contributed by atoms with Gasteiger partial charge in [-0.3, -0.25) is 9.29 Å². The third-order valence-electron chi connectivity index (χ3n) is 3.31. The molecule has 2 aromatic rings. The van der Waals surface area contributed by atoms with Crippen LogP contribution in [0.2, 0.25) is 0 Å². The second-order valence-electron chi connectivity index (χ2n) is 5.52. The molecule has 0 amide bonds. The third-order valence-corrected chi connectivity index (χ3v) is 5.26. The first-order valence-electron chi connectivity index (χ1n) is 6.95. The molecule has 2 rings (SSSR count). The summed E-state index contributed by atoms with van der Waals surface area (Å²) in [6.45, 7) is 7.32. The van der Waals surface area contributed by atoms with E-state index in [0.717, 1.165) is 23.4 Å². The molecule has 0 atom stereocenters. The maximum absolute atomic E-state index is 13.4. The molecule has 22 heavy (non-hydrogen) atoms. The van der Waals surface area contributed by atoms with Crippen LogP contribution in [0.1, 0.15) is 25.0 Å². The molecule has 0 aliphatic rings. The van der Waals surface area contributed by atoms with Crippen molar-refractivity contribution in [2.24, 2.45) is 0 Å². The highest BCUT2D eigenvalue weighted by atomic mass is 32.2. The Morgan fingerprint density at radius 2 is 1.82 bits per heavy atom. The van der Waals surface area contributed by atoms with Gasteiger partial charge in [0.05, 0.1) is 11.9 Å². The lowest BCUT2D eigenvalue weighted by Gasteiger charge is -2.29. The van der Waals surface area contributed by atoms with Gasteiger partial charge in [-0.25, -0.2) is 12.8 Å². The zero-order valence-electron chi connectivity index (χ0n) is 13.0. The van der Waals surface area contributed by atoms with Gasteiger partial charge in [-0.05, 0) is 51.0 Å². The Kier molecular flexibility index (Phi) is 4.51. The van der Waals surface area contributed by atoms with E-state index >= 15 is 0 Å². The topological polar surface area (TPSA) is 50.3 Å². The Bertz CT molecular complexity index is 788. The minimum Gasteiger partial charge on any atom is -0.264 e. The van der Waals surface area contributed by atoms with Gasteiger partial charge < -0.3 is 0 Å². The smallest absolute Gasteiger partial charge is 0.264 e. The molecule has 6 heteroatoms. The fourth-order valence-electron chi connectivity index (χ4n) is 2.29. The second-order valence-corrected chi connectivity index (χ2v) is 7.34. The molecule has 0 spiro atoms. The Morgan fingerprint density at radius 3 is 2.41 bits per heavy atom. The summed E-state index contributed by atoms with van der Waals surface area (Å²) < 4.78 is 40.5. The van der Waals surface area contributed by atoms with Crippen molar-refractivity contribution in [1.29, 1.82) is 0 Å². The van der Waals surface area contributed by atoms with Crippen molar-refractivity contribution in [1.82, 2.24) is 4.98 Å². The predicted molar refractivity (Wildman–Crippen MR) is 84.9 cm³/mol. The molecule has 0 unspecified atom stereocenters. The predicted octanol–water partition coefficient (Wildman–Crippen LogP) is 3.44. The molecular weight excluding hydrogens is 303 g/mol. The van der Waals surface area contributed by atoms with Crippen molar-refractivity contribution in [2.45, 2.75) is 38.6 Å². The summed E-state index contributed by atoms with van der Waals surface area (Å²) in [7, 11) is -3.88. The molecule has 1 heterocycles. The van der Waals surface area contributed by atoms with E-state index in [2.05, 4.69) is 4.98 Å². The van der Waals surface area contributed by atoms with Crippen LogP contribution in [0.4, 0.5) is 10.1 Å². The highest BCUT2D eigenvalue weighted by molar-refractivity contribution is 7.92. The van der Waals surface area contributed by atoms with Crippen LogP contribution in [0, 0.1) is 19.7 Å². The lowest BCUT2D eigenvalue weighted by Crippen LogP contribution is -2.37. The van der Waals surface area contributed by atoms with E-state index in [9.17, 15) is 12.8 Å². The largest absolute Gasteiger partial charge is 0.266 e. The number of rotatable bonds is 4. The average molecular weight is 322 g/mol. The van der Waals surface area contributed by atoms with E-state index in [4.69, 9.17) is 0 Å². The van der Waals surface area contributed by atoms with Gasteiger partial charge >= 0.3 is 0 Å². The minimum absolute atomic E-state index is 0.151. The van der Waals surface area contributed by atoms with E-state index in [1.807, 2.05) is 32.0 Å². The summed E-state index contributed by atoms with van der Waals surface area (Å²) in [6, 6.07) is 6.30. The number of anilines is 1. The summed E-state index contributed by atoms with van der Waals surface area (Å²) in [4.78, 5) is 3.49. The molecule has 118 valence electrons. The normalized spacial score (nSPS) is 11.7. The fraction of sp³-hybridized carbons (Fsp3) is 0.312. The summed E-state index contributed by atoms with van der Waals surface area (Å²) >= 11 is 0. The second kappa shape index (κ2) is 6.04. The van der Waals surface area contributed by atoms with Crippen molar-refractivity contribution in [3.8, 4) is 0 Å². The Labute approximate surface area is 130 Å². The summed E-state index contributed by atoms with van der Waals surface area (Å²) in [5.74, 6) is -0.675. The van der Waals surface area contributed by atoms with E-state index in [0.29, 0.717) is 5.69 Å². The van der Waals surface area contributed by atoms with Crippen LogP contribution in [0.15, 0.2) is 41.6 Å². The van der Waals surface area contributed by atoms with Gasteiger partial charge in [0.1, 0.15) is 10.7 Å². The lowest BCUT2D eigenvalue weighted by atomic mass is 10.1. The number of sulfonamides is 1. The van der Waals surface area contributed by atoms with Crippen LogP contribution < -0.4 is 4.31 Å². The van der Waals surface area contributed by atoms with Crippen molar-refractivity contribution in [3.63, 3.8) is 0 Å². The summed E-state index contributed by atoms with van der Waals surface area (Å²) in [6.07, 6.45) is 2.15. The first-order valence-corrected chi connectivity index (χ1v) is 8.39. The molecule has 0 bridgehead atoms. The van der Waals surface area contributed by atoms with Gasteiger partial charge in [0.15, 0.2) is 0 Å². The van der Waals surface area contributed by atoms with Gasteiger partial charge in [0.2, 0.25) is 0 Å². The lowest BCUT2D eigenvalue weighted by molar-refractivity contribution is 0.578. The summed E-state index contributed by atoms with van der Waals surface area (Å²) in [5, 5.41) is 0. The number of benzene rings is 1. The number of aryl methyl sites for hydroxylation is 2. The Morgan fingerprint density at radius 1 is 1.14 bits per heavy atom. The van der Waals surface area contributed by atoms with Crippen LogP contribution >= 0.6 is 0 Å². The number of halogens is 1. The van der Waals surface area contributed by atoms with Crippen molar-refractivity contribution < 1.29 is 12.8 Å². The molecule has 1 aromatic heterocycles. The van der Waals surface area contributed by atoms with Crippen molar-refractivity contribution in [2.75, 3.05) is 4.31 Å². The fourth-order valence-corrected chi connectivity index (χ4v) is 3.98. The number of nitrogens with zero attached hydrogens (tertiary/aromatic N) is 2. The Balaban J connectivity index is 2.64. The molecule has 0 aliphatic heterocycles. The van der Waals surface area contributed by atoms with Gasteiger partial charge in [-0.1, -0.05) is 12.1 Å². The highest BCUT2D eigenvalue weighted by Crippen LogP contribution is 2.29. The zero-order chi connectivity index (χ0) is 16.5. The number of aromatic nitrogens is 1. The molecule has 0 saturated heterocycles. The molecule has 1 aromatic carbocycles. The quantitative estimate of drug-likeness (QED) is 0.866. The third kappa shape index (κ3) is 3.11. The number of hydrogen-bond acceptors (Lipinski definition) is 3. The van der Waals surface area contributed by atoms with Crippen LogP contribution in [-0.2, 0) is 10.0 Å². The number of pyridine rings is 1. The van der Waals surface area contributed by atoms with E-state index in [1.165, 1.54) is 10.5 Å². The molecule has 4 nitrogen and oxygen atoms in total. The first kappa shape index (κ1) is 16.4. The molecule has 0 radical (unpaired) electrons. The minimum atomic E-state index is -3.88. The molecule has 0 saturated carbocycles. The first-order chi connectivity index (χ1) is 10.2. The highest BCUT2D eigenvalue weighted by Gasteiger charge is 2.29. The van der Waals surface area contributed by atoms with Crippen LogP contribution in [0.3, 0.4) is 0 Å².